The van der Waals surface area contributed by atoms with Crippen LogP contribution in [0.1, 0.15) is 40.9 Å². The molecular weight excluding hydrogens is 564 g/mol. The molecule has 12 heteroatoms. The summed E-state index contributed by atoms with van der Waals surface area (Å²) in [7, 11) is 0. The number of rotatable bonds is 10. The first-order chi connectivity index (χ1) is 21.2. The Morgan fingerprint density at radius 1 is 0.837 bits per heavy atom. The van der Waals surface area contributed by atoms with Crippen LogP contribution >= 0.6 is 11.6 Å². The Hall–Kier alpha value is -5.42. The first-order valence-corrected chi connectivity index (χ1v) is 14.1. The molecule has 0 aliphatic heterocycles. The van der Waals surface area contributed by atoms with Gasteiger partial charge in [-0.15, -0.1) is 20.4 Å². The van der Waals surface area contributed by atoms with Gasteiger partial charge in [-0.1, -0.05) is 70.6 Å². The van der Waals surface area contributed by atoms with Crippen LogP contribution in [0.5, 0.6) is 5.75 Å². The summed E-state index contributed by atoms with van der Waals surface area (Å²) in [6.07, 6.45) is 7.56. The van der Waals surface area contributed by atoms with Crippen LogP contribution in [0.25, 0.3) is 34.0 Å². The van der Waals surface area contributed by atoms with Gasteiger partial charge in [0.2, 0.25) is 5.82 Å². The van der Waals surface area contributed by atoms with Gasteiger partial charge in [0, 0.05) is 28.4 Å². The van der Waals surface area contributed by atoms with Crippen molar-refractivity contribution >= 4 is 45.6 Å². The Morgan fingerprint density at radius 2 is 1.67 bits per heavy atom. The lowest BCUT2D eigenvalue weighted by Crippen LogP contribution is -2.12. The van der Waals surface area contributed by atoms with E-state index in [-0.39, 0.29) is 12.6 Å². The van der Waals surface area contributed by atoms with E-state index in [0.29, 0.717) is 23.1 Å². The molecule has 1 atom stereocenters. The number of hydrogen-bond acceptors (Lipinski definition) is 8. The first kappa shape index (κ1) is 26.5. The standard InChI is InChI=1S/C31H25ClN10O/c32-24-10-8-21-9-12-25(33-26(21)18-24)11-7-20-3-1-5-23(17-20)27(13-14-29-34-38-39-35-29)42-16-15-22-4-2-6-28(31(22)42)43-19-30-36-40-41-37-30/h1-12,15-18,27H,13-14,19H2,(H,34,35,38,39)(H,36,37,40,41). The lowest BCUT2D eigenvalue weighted by Gasteiger charge is -2.22. The van der Waals surface area contributed by atoms with E-state index < -0.39 is 0 Å². The number of halogens is 1. The molecule has 0 aliphatic carbocycles. The second-order valence-corrected chi connectivity index (χ2v) is 10.4. The lowest BCUT2D eigenvalue weighted by molar-refractivity contribution is 0.298. The van der Waals surface area contributed by atoms with Gasteiger partial charge >= 0.3 is 0 Å². The van der Waals surface area contributed by atoms with E-state index in [1.165, 1.54) is 0 Å². The van der Waals surface area contributed by atoms with E-state index in [2.05, 4.69) is 101 Å². The minimum atomic E-state index is -0.0415. The van der Waals surface area contributed by atoms with Gasteiger partial charge in [0.1, 0.15) is 5.75 Å². The number of aromatic amines is 2. The molecule has 0 bridgehead atoms. The topological polar surface area (TPSA) is 136 Å². The number of fused-ring (bicyclic) bond motifs is 2. The molecule has 11 nitrogen and oxygen atoms in total. The number of tetrazole rings is 2. The summed E-state index contributed by atoms with van der Waals surface area (Å²) in [6.45, 7) is 0.198. The Kier molecular flexibility index (Phi) is 7.28. The summed E-state index contributed by atoms with van der Waals surface area (Å²) in [5.41, 5.74) is 4.88. The van der Waals surface area contributed by atoms with E-state index in [9.17, 15) is 0 Å². The van der Waals surface area contributed by atoms with Crippen molar-refractivity contribution in [3.8, 4) is 5.75 Å². The number of nitrogens with one attached hydrogen (secondary N) is 2. The molecular formula is C31H25ClN10O. The highest BCUT2D eigenvalue weighted by Gasteiger charge is 2.20. The Labute approximate surface area is 250 Å². The van der Waals surface area contributed by atoms with Crippen LogP contribution in [-0.2, 0) is 13.0 Å². The smallest absolute Gasteiger partial charge is 0.211 e. The Balaban J connectivity index is 1.23. The molecule has 0 spiro atoms. The van der Waals surface area contributed by atoms with Crippen molar-refractivity contribution in [3.05, 3.63) is 119 Å². The zero-order chi connectivity index (χ0) is 29.0. The number of nitrogens with zero attached hydrogens (tertiary/aromatic N) is 8. The molecule has 2 N–H and O–H groups in total. The van der Waals surface area contributed by atoms with Gasteiger partial charge < -0.3 is 9.30 Å². The van der Waals surface area contributed by atoms with Crippen LogP contribution in [0.15, 0.2) is 85.1 Å². The number of aryl methyl sites for hydroxylation is 1. The number of H-pyrrole nitrogens is 2. The normalized spacial score (nSPS) is 12.4. The van der Waals surface area contributed by atoms with E-state index in [4.69, 9.17) is 21.3 Å². The molecule has 0 aliphatic rings. The van der Waals surface area contributed by atoms with Gasteiger partial charge in [0.25, 0.3) is 0 Å². The van der Waals surface area contributed by atoms with Crippen LogP contribution < -0.4 is 4.74 Å². The number of ether oxygens (including phenoxy) is 1. The van der Waals surface area contributed by atoms with Gasteiger partial charge in [-0.2, -0.15) is 10.4 Å². The summed E-state index contributed by atoms with van der Waals surface area (Å²) in [5.74, 6) is 1.87. The molecule has 0 saturated carbocycles. The molecule has 0 fully saturated rings. The summed E-state index contributed by atoms with van der Waals surface area (Å²) < 4.78 is 8.42. The van der Waals surface area contributed by atoms with Crippen molar-refractivity contribution in [3.63, 3.8) is 0 Å². The number of pyridine rings is 1. The molecule has 1 unspecified atom stereocenters. The van der Waals surface area contributed by atoms with Crippen molar-refractivity contribution < 1.29 is 4.74 Å². The summed E-state index contributed by atoms with van der Waals surface area (Å²) in [6, 6.07) is 26.4. The number of hydrogen-bond donors (Lipinski definition) is 2. The summed E-state index contributed by atoms with van der Waals surface area (Å²) in [4.78, 5) is 4.76. The van der Waals surface area contributed by atoms with E-state index in [1.54, 1.807) is 0 Å². The van der Waals surface area contributed by atoms with E-state index in [0.717, 1.165) is 50.8 Å². The summed E-state index contributed by atoms with van der Waals surface area (Å²) in [5, 5.41) is 31.5. The fourth-order valence-corrected chi connectivity index (χ4v) is 5.38. The molecule has 3 aromatic carbocycles. The molecule has 43 heavy (non-hydrogen) atoms. The van der Waals surface area contributed by atoms with Gasteiger partial charge in [-0.05, 0) is 60.0 Å². The van der Waals surface area contributed by atoms with Crippen molar-refractivity contribution in [1.29, 1.82) is 0 Å². The highest BCUT2D eigenvalue weighted by molar-refractivity contribution is 6.31. The fraction of sp³-hybridized carbons (Fsp3) is 0.129. The maximum Gasteiger partial charge on any atom is 0.211 e. The van der Waals surface area contributed by atoms with Crippen molar-refractivity contribution in [2.75, 3.05) is 0 Å². The maximum atomic E-state index is 6.19. The molecule has 0 radical (unpaired) electrons. The van der Waals surface area contributed by atoms with Crippen molar-refractivity contribution in [1.82, 2.24) is 50.8 Å². The Bertz CT molecular complexity index is 2020. The SMILES string of the molecule is Clc1ccc2ccc(C=Cc3cccc(C(CCc4nn[nH]n4)n4ccc5cccc(OCc6nn[nH]n6)c54)c3)nc2c1. The minimum absolute atomic E-state index is 0.0415. The Morgan fingerprint density at radius 3 is 2.53 bits per heavy atom. The third-order valence-electron chi connectivity index (χ3n) is 7.23. The van der Waals surface area contributed by atoms with Crippen LogP contribution in [0, 0.1) is 0 Å². The quantitative estimate of drug-likeness (QED) is 0.203. The molecule has 0 amide bonds. The maximum absolute atomic E-state index is 6.19. The fourth-order valence-electron chi connectivity index (χ4n) is 5.22. The molecule has 4 aromatic heterocycles. The van der Waals surface area contributed by atoms with E-state index in [1.807, 2.05) is 42.5 Å². The zero-order valence-corrected chi connectivity index (χ0v) is 23.6. The lowest BCUT2D eigenvalue weighted by atomic mass is 9.98. The van der Waals surface area contributed by atoms with Crippen molar-refractivity contribution in [2.45, 2.75) is 25.5 Å². The van der Waals surface area contributed by atoms with Gasteiger partial charge in [-0.3, -0.25) is 0 Å². The molecule has 0 saturated heterocycles. The predicted molar refractivity (Wildman–Crippen MR) is 163 cm³/mol. The molecule has 212 valence electrons. The minimum Gasteiger partial charge on any atom is -0.483 e. The van der Waals surface area contributed by atoms with Crippen LogP contribution in [0.4, 0.5) is 0 Å². The number of aromatic nitrogens is 10. The first-order valence-electron chi connectivity index (χ1n) is 13.7. The van der Waals surface area contributed by atoms with Gasteiger partial charge in [0.05, 0.1) is 22.8 Å². The van der Waals surface area contributed by atoms with Crippen LogP contribution in [0.3, 0.4) is 0 Å². The largest absolute Gasteiger partial charge is 0.483 e. The second-order valence-electron chi connectivity index (χ2n) is 9.99. The highest BCUT2D eigenvalue weighted by atomic mass is 35.5. The average Bonchev–Trinajstić information content (AvgIpc) is 3.83. The average molecular weight is 589 g/mol. The van der Waals surface area contributed by atoms with Gasteiger partial charge in [0.15, 0.2) is 12.4 Å². The van der Waals surface area contributed by atoms with Crippen LogP contribution in [-0.4, -0.2) is 50.8 Å². The number of benzene rings is 3. The third-order valence-corrected chi connectivity index (χ3v) is 7.47. The number of para-hydroxylation sites is 1. The van der Waals surface area contributed by atoms with E-state index >= 15 is 0 Å². The molecule has 4 heterocycles. The predicted octanol–water partition coefficient (Wildman–Crippen LogP) is 5.84. The monoisotopic (exact) mass is 588 g/mol. The third kappa shape index (κ3) is 5.84. The van der Waals surface area contributed by atoms with Crippen LogP contribution in [0.2, 0.25) is 5.02 Å². The molecule has 7 aromatic rings. The van der Waals surface area contributed by atoms with Gasteiger partial charge in [-0.25, -0.2) is 4.98 Å². The zero-order valence-electron chi connectivity index (χ0n) is 22.8. The summed E-state index contributed by atoms with van der Waals surface area (Å²) >= 11 is 6.19. The van der Waals surface area contributed by atoms with Crippen molar-refractivity contribution in [2.24, 2.45) is 0 Å². The second kappa shape index (κ2) is 11.8. The highest BCUT2D eigenvalue weighted by Crippen LogP contribution is 2.34. The molecule has 7 rings (SSSR count).